The van der Waals surface area contributed by atoms with Crippen molar-refractivity contribution in [1.82, 2.24) is 5.32 Å². The maximum atomic E-state index is 12.2. The van der Waals surface area contributed by atoms with E-state index in [4.69, 9.17) is 5.73 Å². The SMILES string of the molecule is CCC(C(=O)NCC1CC(N)C1)c1ccccc1. The first kappa shape index (κ1) is 13.1. The van der Waals surface area contributed by atoms with Crippen LogP contribution in [-0.2, 0) is 4.79 Å². The third-order valence-electron chi connectivity index (χ3n) is 3.76. The number of carbonyl (C=O) groups is 1. The number of nitrogens with two attached hydrogens (primary N) is 1. The molecule has 0 aliphatic heterocycles. The summed E-state index contributed by atoms with van der Waals surface area (Å²) in [6.07, 6.45) is 2.92. The molecule has 1 aliphatic rings. The molecule has 0 heterocycles. The van der Waals surface area contributed by atoms with Crippen LogP contribution in [0.3, 0.4) is 0 Å². The quantitative estimate of drug-likeness (QED) is 0.835. The third-order valence-corrected chi connectivity index (χ3v) is 3.76. The van der Waals surface area contributed by atoms with Gasteiger partial charge in [-0.2, -0.15) is 0 Å². The average molecular weight is 246 g/mol. The number of benzene rings is 1. The van der Waals surface area contributed by atoms with E-state index in [1.54, 1.807) is 0 Å². The number of hydrogen-bond donors (Lipinski definition) is 2. The lowest BCUT2D eigenvalue weighted by atomic mass is 9.81. The van der Waals surface area contributed by atoms with Crippen LogP contribution in [0, 0.1) is 5.92 Å². The predicted octanol–water partition coefficient (Wildman–Crippen LogP) is 2.03. The van der Waals surface area contributed by atoms with Crippen LogP contribution in [0.25, 0.3) is 0 Å². The highest BCUT2D eigenvalue weighted by atomic mass is 16.1. The van der Waals surface area contributed by atoms with Gasteiger partial charge in [-0.15, -0.1) is 0 Å². The number of rotatable bonds is 5. The monoisotopic (exact) mass is 246 g/mol. The van der Waals surface area contributed by atoms with Crippen molar-refractivity contribution in [2.24, 2.45) is 11.7 Å². The van der Waals surface area contributed by atoms with E-state index in [-0.39, 0.29) is 11.8 Å². The Morgan fingerprint density at radius 2 is 2.06 bits per heavy atom. The molecule has 3 N–H and O–H groups in total. The molecule has 0 aromatic heterocycles. The van der Waals surface area contributed by atoms with Crippen molar-refractivity contribution >= 4 is 5.91 Å². The Balaban J connectivity index is 1.86. The van der Waals surface area contributed by atoms with Gasteiger partial charge in [-0.25, -0.2) is 0 Å². The third kappa shape index (κ3) is 3.10. The van der Waals surface area contributed by atoms with Crippen molar-refractivity contribution in [3.05, 3.63) is 35.9 Å². The zero-order valence-electron chi connectivity index (χ0n) is 10.9. The average Bonchev–Trinajstić information content (AvgIpc) is 2.35. The highest BCUT2D eigenvalue weighted by Crippen LogP contribution is 2.25. The Bertz CT molecular complexity index is 385. The second-order valence-electron chi connectivity index (χ2n) is 5.21. The van der Waals surface area contributed by atoms with Crippen LogP contribution in [0.5, 0.6) is 0 Å². The Morgan fingerprint density at radius 3 is 2.61 bits per heavy atom. The summed E-state index contributed by atoms with van der Waals surface area (Å²) in [7, 11) is 0. The van der Waals surface area contributed by atoms with Gasteiger partial charge in [-0.1, -0.05) is 37.3 Å². The smallest absolute Gasteiger partial charge is 0.227 e. The summed E-state index contributed by atoms with van der Waals surface area (Å²) < 4.78 is 0. The molecule has 3 heteroatoms. The van der Waals surface area contributed by atoms with Crippen molar-refractivity contribution in [3.8, 4) is 0 Å². The first-order valence-electron chi connectivity index (χ1n) is 6.79. The molecule has 0 bridgehead atoms. The lowest BCUT2D eigenvalue weighted by Crippen LogP contribution is -2.43. The molecule has 1 aromatic rings. The van der Waals surface area contributed by atoms with Crippen molar-refractivity contribution in [3.63, 3.8) is 0 Å². The molecular formula is C15H22N2O. The van der Waals surface area contributed by atoms with E-state index in [9.17, 15) is 4.79 Å². The van der Waals surface area contributed by atoms with Crippen molar-refractivity contribution in [2.45, 2.75) is 38.1 Å². The maximum absolute atomic E-state index is 12.2. The van der Waals surface area contributed by atoms with Gasteiger partial charge in [0.2, 0.25) is 5.91 Å². The van der Waals surface area contributed by atoms with Gasteiger partial charge in [0.15, 0.2) is 0 Å². The molecule has 1 aromatic carbocycles. The van der Waals surface area contributed by atoms with Crippen molar-refractivity contribution < 1.29 is 4.79 Å². The molecule has 1 amide bonds. The lowest BCUT2D eigenvalue weighted by Gasteiger charge is -2.32. The van der Waals surface area contributed by atoms with Gasteiger partial charge < -0.3 is 11.1 Å². The fraction of sp³-hybridized carbons (Fsp3) is 0.533. The summed E-state index contributed by atoms with van der Waals surface area (Å²) in [5.41, 5.74) is 6.84. The highest BCUT2D eigenvalue weighted by molar-refractivity contribution is 5.83. The molecule has 0 radical (unpaired) electrons. The minimum atomic E-state index is -0.0278. The van der Waals surface area contributed by atoms with E-state index in [0.717, 1.165) is 31.4 Å². The Kier molecular flexibility index (Phi) is 4.37. The molecule has 98 valence electrons. The number of nitrogens with one attached hydrogen (secondary N) is 1. The summed E-state index contributed by atoms with van der Waals surface area (Å²) in [6.45, 7) is 2.83. The van der Waals surface area contributed by atoms with Gasteiger partial charge in [0.25, 0.3) is 0 Å². The van der Waals surface area contributed by atoms with Crippen LogP contribution in [0.15, 0.2) is 30.3 Å². The summed E-state index contributed by atoms with van der Waals surface area (Å²) in [5.74, 6) is 0.696. The lowest BCUT2D eigenvalue weighted by molar-refractivity contribution is -0.123. The first-order valence-corrected chi connectivity index (χ1v) is 6.79. The summed E-state index contributed by atoms with van der Waals surface area (Å²) in [5, 5.41) is 3.06. The molecule has 1 saturated carbocycles. The van der Waals surface area contributed by atoms with E-state index in [1.807, 2.05) is 30.3 Å². The Hall–Kier alpha value is -1.35. The van der Waals surface area contributed by atoms with E-state index >= 15 is 0 Å². The van der Waals surface area contributed by atoms with E-state index in [2.05, 4.69) is 12.2 Å². The molecule has 1 aliphatic carbocycles. The largest absolute Gasteiger partial charge is 0.355 e. The van der Waals surface area contributed by atoms with E-state index in [1.165, 1.54) is 0 Å². The number of hydrogen-bond acceptors (Lipinski definition) is 2. The van der Waals surface area contributed by atoms with Gasteiger partial charge in [0.05, 0.1) is 5.92 Å². The summed E-state index contributed by atoms with van der Waals surface area (Å²) in [4.78, 5) is 12.2. The summed E-state index contributed by atoms with van der Waals surface area (Å²) in [6, 6.07) is 10.3. The molecule has 1 unspecified atom stereocenters. The number of amides is 1. The van der Waals surface area contributed by atoms with Gasteiger partial charge in [-0.05, 0) is 30.7 Å². The first-order chi connectivity index (χ1) is 8.70. The van der Waals surface area contributed by atoms with E-state index < -0.39 is 0 Å². The molecule has 1 atom stereocenters. The summed E-state index contributed by atoms with van der Waals surface area (Å²) >= 11 is 0. The Morgan fingerprint density at radius 1 is 1.39 bits per heavy atom. The van der Waals surface area contributed by atoms with Crippen molar-refractivity contribution in [2.75, 3.05) is 6.54 Å². The van der Waals surface area contributed by atoms with Gasteiger partial charge in [0.1, 0.15) is 0 Å². The van der Waals surface area contributed by atoms with Gasteiger partial charge in [0, 0.05) is 12.6 Å². The molecule has 0 spiro atoms. The molecule has 2 rings (SSSR count). The second kappa shape index (κ2) is 6.01. The van der Waals surface area contributed by atoms with Crippen molar-refractivity contribution in [1.29, 1.82) is 0 Å². The van der Waals surface area contributed by atoms with Crippen LogP contribution in [0.4, 0.5) is 0 Å². The van der Waals surface area contributed by atoms with Crippen LogP contribution >= 0.6 is 0 Å². The fourth-order valence-electron chi connectivity index (χ4n) is 2.58. The topological polar surface area (TPSA) is 55.1 Å². The number of carbonyl (C=O) groups excluding carboxylic acids is 1. The maximum Gasteiger partial charge on any atom is 0.227 e. The van der Waals surface area contributed by atoms with Gasteiger partial charge >= 0.3 is 0 Å². The van der Waals surface area contributed by atoms with Crippen LogP contribution in [0.2, 0.25) is 0 Å². The molecule has 1 fully saturated rings. The van der Waals surface area contributed by atoms with Gasteiger partial charge in [-0.3, -0.25) is 4.79 Å². The second-order valence-corrected chi connectivity index (χ2v) is 5.21. The van der Waals surface area contributed by atoms with E-state index in [0.29, 0.717) is 12.0 Å². The zero-order valence-corrected chi connectivity index (χ0v) is 10.9. The molecular weight excluding hydrogens is 224 g/mol. The highest BCUT2D eigenvalue weighted by Gasteiger charge is 2.27. The van der Waals surface area contributed by atoms with Crippen LogP contribution < -0.4 is 11.1 Å². The minimum Gasteiger partial charge on any atom is -0.355 e. The molecule has 0 saturated heterocycles. The minimum absolute atomic E-state index is 0.0278. The van der Waals surface area contributed by atoms with Crippen LogP contribution in [-0.4, -0.2) is 18.5 Å². The standard InChI is InChI=1S/C15H22N2O/c1-2-14(12-6-4-3-5-7-12)15(18)17-10-11-8-13(16)9-11/h3-7,11,13-14H,2,8-10,16H2,1H3,(H,17,18). The Labute approximate surface area is 109 Å². The fourth-order valence-corrected chi connectivity index (χ4v) is 2.58. The zero-order chi connectivity index (χ0) is 13.0. The molecule has 3 nitrogen and oxygen atoms in total. The molecule has 18 heavy (non-hydrogen) atoms. The predicted molar refractivity (Wildman–Crippen MR) is 73.2 cm³/mol. The normalized spacial score (nSPS) is 24.1. The van der Waals surface area contributed by atoms with Crippen LogP contribution in [0.1, 0.15) is 37.7 Å².